The van der Waals surface area contributed by atoms with E-state index in [9.17, 15) is 19.5 Å². The molecule has 0 aromatic heterocycles. The molecule has 5 N–H and O–H groups in total. The lowest BCUT2D eigenvalue weighted by molar-refractivity contribution is -0.147. The normalized spacial score (nSPS) is 24.2. The zero-order chi connectivity index (χ0) is 76.8. The van der Waals surface area contributed by atoms with E-state index in [-0.39, 0.29) is 82.9 Å². The van der Waals surface area contributed by atoms with Crippen LogP contribution in [-0.4, -0.2) is 118 Å². The van der Waals surface area contributed by atoms with E-state index in [1.807, 2.05) is 0 Å². The first-order valence-corrected chi connectivity index (χ1v) is 42.7. The summed E-state index contributed by atoms with van der Waals surface area (Å²) >= 11 is 3.69. The number of rotatable bonds is 25. The third-order valence-electron chi connectivity index (χ3n) is 26.8. The molecule has 6 atom stereocenters. The Hall–Kier alpha value is -2.93. The van der Waals surface area contributed by atoms with Crippen LogP contribution in [0.4, 0.5) is 0 Å². The number of benzene rings is 3. The van der Waals surface area contributed by atoms with Crippen LogP contribution in [0, 0.1) is 39.4 Å². The molecule has 0 spiro atoms. The SMILES string of the molecule is BrC1CCCc2ccccc21.CC(C)(C)CC(=O)C(C)(CCCCB1OC(C)(C)C(C)(C)O1)C1CCCCC1.CC(C)(C)CC(=O)C(C)(CCCCB1OC(C)(C)C(C)(C)O1)C1CCN(C2CCCc3ccccc32)CC1.Cl.NC(CCCCB(O)O)(C(=O)O)C1CCN(C2CCCc3ccccc32)CC1. The van der Waals surface area contributed by atoms with Gasteiger partial charge in [0.05, 0.1) is 22.4 Å². The van der Waals surface area contributed by atoms with Crippen molar-refractivity contribution in [2.24, 2.45) is 45.1 Å². The van der Waals surface area contributed by atoms with Crippen molar-refractivity contribution < 1.29 is 48.2 Å². The summed E-state index contributed by atoms with van der Waals surface area (Å²) in [6, 6.07) is 27.5. The first-order valence-electron chi connectivity index (χ1n) is 41.8. The molecule has 0 amide bonds. The molecule has 5 fully saturated rings. The van der Waals surface area contributed by atoms with Gasteiger partial charge in [0.15, 0.2) is 0 Å². The number of carbonyl (C=O) groups excluding carboxylic acids is 2. The predicted molar refractivity (Wildman–Crippen MR) is 445 cm³/mol. The summed E-state index contributed by atoms with van der Waals surface area (Å²) in [6.45, 7) is 38.6. The third-order valence-corrected chi connectivity index (χ3v) is 27.7. The predicted octanol–water partition coefficient (Wildman–Crippen LogP) is 21.0. The van der Waals surface area contributed by atoms with Crippen molar-refractivity contribution in [2.45, 2.75) is 361 Å². The number of unbranched alkanes of at least 4 members (excludes halogenated alkanes) is 3. The summed E-state index contributed by atoms with van der Waals surface area (Å²) in [5.74, 6) is 1.01. The Balaban J connectivity index is 0.000000208. The molecule has 8 aliphatic rings. The summed E-state index contributed by atoms with van der Waals surface area (Å²) in [6.07, 6.45) is 32.5. The highest BCUT2D eigenvalue weighted by Gasteiger charge is 2.53. The molecule has 4 saturated heterocycles. The number of hydrogen-bond acceptors (Lipinski definition) is 12. The summed E-state index contributed by atoms with van der Waals surface area (Å²) in [5.41, 5.74) is 12.8. The summed E-state index contributed by atoms with van der Waals surface area (Å²) in [5, 5.41) is 27.7. The van der Waals surface area contributed by atoms with Crippen molar-refractivity contribution in [3.05, 3.63) is 106 Å². The lowest BCUT2D eigenvalue weighted by Crippen LogP contribution is -2.57. The maximum absolute atomic E-state index is 13.9. The molecular weight excluding hydrogens is 1410 g/mol. The Morgan fingerprint density at radius 2 is 0.830 bits per heavy atom. The van der Waals surface area contributed by atoms with Gasteiger partial charge in [0, 0.05) is 40.6 Å². The van der Waals surface area contributed by atoms with Crippen LogP contribution in [0.1, 0.15) is 328 Å². The Labute approximate surface area is 659 Å². The van der Waals surface area contributed by atoms with Gasteiger partial charge in [-0.2, -0.15) is 0 Å². The van der Waals surface area contributed by atoms with Crippen molar-refractivity contribution >= 4 is 67.2 Å². The second kappa shape index (κ2) is 39.2. The molecule has 594 valence electrons. The van der Waals surface area contributed by atoms with Crippen LogP contribution < -0.4 is 5.73 Å². The van der Waals surface area contributed by atoms with Crippen LogP contribution in [0.25, 0.3) is 0 Å². The molecule has 11 rings (SSSR count). The lowest BCUT2D eigenvalue weighted by atomic mass is 9.63. The third kappa shape index (κ3) is 24.3. The number of aryl methyl sites for hydroxylation is 3. The zero-order valence-electron chi connectivity index (χ0n) is 69.0. The molecular formula is C88H144B3BrClN3O10. The number of carbonyl (C=O) groups is 3. The van der Waals surface area contributed by atoms with E-state index >= 15 is 0 Å². The highest BCUT2D eigenvalue weighted by molar-refractivity contribution is 9.09. The van der Waals surface area contributed by atoms with Gasteiger partial charge in [0.2, 0.25) is 0 Å². The van der Waals surface area contributed by atoms with Crippen LogP contribution in [0.5, 0.6) is 0 Å². The number of carboxylic acid groups (broad SMARTS) is 1. The lowest BCUT2D eigenvalue weighted by Gasteiger charge is -2.46. The number of Topliss-reactive ketones (excluding diaryl/α,β-unsaturated/α-hetero) is 2. The van der Waals surface area contributed by atoms with E-state index in [0.717, 1.165) is 116 Å². The number of hydrogen-bond donors (Lipinski definition) is 4. The van der Waals surface area contributed by atoms with E-state index in [2.05, 4.69) is 209 Å². The Morgan fingerprint density at radius 1 is 0.481 bits per heavy atom. The van der Waals surface area contributed by atoms with Gasteiger partial charge in [-0.1, -0.05) is 202 Å². The van der Waals surface area contributed by atoms with Crippen LogP contribution >= 0.6 is 28.3 Å². The van der Waals surface area contributed by atoms with Gasteiger partial charge < -0.3 is 39.5 Å². The van der Waals surface area contributed by atoms with E-state index in [0.29, 0.717) is 72.4 Å². The second-order valence-electron chi connectivity index (χ2n) is 38.3. The number of likely N-dealkylation sites (tertiary alicyclic amines) is 2. The molecule has 6 unspecified atom stereocenters. The Bertz CT molecular complexity index is 3200. The number of nitrogens with two attached hydrogens (primary N) is 1. The van der Waals surface area contributed by atoms with E-state index < -0.39 is 18.6 Å². The summed E-state index contributed by atoms with van der Waals surface area (Å²) < 4.78 is 24.7. The van der Waals surface area contributed by atoms with Gasteiger partial charge in [0.1, 0.15) is 17.1 Å². The van der Waals surface area contributed by atoms with Crippen molar-refractivity contribution in [1.29, 1.82) is 0 Å². The molecule has 0 radical (unpaired) electrons. The quantitative estimate of drug-likeness (QED) is 0.0358. The van der Waals surface area contributed by atoms with Crippen LogP contribution in [0.3, 0.4) is 0 Å². The molecule has 0 bridgehead atoms. The number of halogens is 2. The minimum absolute atomic E-state index is 0. The minimum atomic E-state index is -1.33. The number of aliphatic carboxylic acids is 1. The molecule has 13 nitrogen and oxygen atoms in total. The zero-order valence-corrected chi connectivity index (χ0v) is 71.4. The Morgan fingerprint density at radius 3 is 1.21 bits per heavy atom. The number of nitrogens with zero attached hydrogens (tertiary/aromatic N) is 2. The number of piperidine rings is 2. The smallest absolute Gasteiger partial charge is 0.457 e. The number of alkyl halides is 1. The van der Waals surface area contributed by atoms with Crippen LogP contribution in [0.2, 0.25) is 19.0 Å². The number of fused-ring (bicyclic) bond motifs is 3. The van der Waals surface area contributed by atoms with E-state index in [1.54, 1.807) is 5.56 Å². The van der Waals surface area contributed by atoms with Crippen molar-refractivity contribution in [3.63, 3.8) is 0 Å². The average Bonchev–Trinajstić information content (AvgIpc) is 0.984. The fourth-order valence-corrected chi connectivity index (χ4v) is 19.5. The fourth-order valence-electron chi connectivity index (χ4n) is 18.7. The topological polar surface area (TPSA) is 181 Å². The van der Waals surface area contributed by atoms with Crippen LogP contribution in [-0.2, 0) is 52.3 Å². The summed E-state index contributed by atoms with van der Waals surface area (Å²) in [7, 11) is -1.59. The molecule has 4 aliphatic heterocycles. The van der Waals surface area contributed by atoms with Gasteiger partial charge >= 0.3 is 27.3 Å². The first-order chi connectivity index (χ1) is 49.3. The molecule has 3 aromatic carbocycles. The van der Waals surface area contributed by atoms with Crippen molar-refractivity contribution in [3.8, 4) is 0 Å². The second-order valence-corrected chi connectivity index (χ2v) is 39.4. The maximum atomic E-state index is 13.9. The molecule has 106 heavy (non-hydrogen) atoms. The van der Waals surface area contributed by atoms with E-state index in [4.69, 9.17) is 34.4 Å². The monoisotopic (exact) mass is 1550 g/mol. The standard InChI is InChI=1S/C33H54BNO3.C24H45BO3.C21H33BN2O4.C10H11Br.ClH/c1-30(2,3)24-29(36)33(8,20-11-12-21-34-37-31(4,5)32(6,7)38-34)26-18-22-35(23-19-26)28-17-13-15-25-14-9-10-16-27(25)28;1-21(2,3)18-20(26)24(8,19-14-10-9-11-15-19)16-12-13-17-25-27-22(4,5)23(6,7)28-25;23-21(20(25)26,12-3-4-13-22(27)28)17-10-14-24(15-11-17)19-9-5-7-16-6-1-2-8-18(16)19;11-10-7-3-5-8-4-1-2-6-9(8)10;/h9-10,14,16,26,28H,11-13,15,17-24H2,1-8H3;19H,9-18H2,1-8H3;1-2,6,8,17,19,27-28H,3-5,7,9-15,23H2,(H,25,26);1-2,4,6,10H,3,5,7H2;1H. The minimum Gasteiger partial charge on any atom is -0.480 e. The molecule has 4 heterocycles. The fraction of sp³-hybridized carbons (Fsp3) is 0.761. The average molecular weight is 1550 g/mol. The molecule has 4 aliphatic carbocycles. The van der Waals surface area contributed by atoms with Gasteiger partial charge in [-0.05, 0) is 278 Å². The molecule has 3 aromatic rings. The summed E-state index contributed by atoms with van der Waals surface area (Å²) in [4.78, 5) is 45.0. The first kappa shape index (κ1) is 90.3. The number of ketones is 2. The highest BCUT2D eigenvalue weighted by atomic mass is 79.9. The van der Waals surface area contributed by atoms with Gasteiger partial charge in [-0.15, -0.1) is 12.4 Å². The van der Waals surface area contributed by atoms with Gasteiger partial charge in [-0.25, -0.2) is 0 Å². The van der Waals surface area contributed by atoms with Gasteiger partial charge in [-0.3, -0.25) is 24.2 Å². The largest absolute Gasteiger partial charge is 0.480 e. The maximum Gasteiger partial charge on any atom is 0.457 e. The van der Waals surface area contributed by atoms with Gasteiger partial charge in [0.25, 0.3) is 0 Å². The molecule has 1 saturated carbocycles. The molecule has 18 heteroatoms. The highest BCUT2D eigenvalue weighted by Crippen LogP contribution is 2.49. The van der Waals surface area contributed by atoms with Crippen LogP contribution in [0.15, 0.2) is 72.8 Å². The van der Waals surface area contributed by atoms with E-state index in [1.165, 1.54) is 105 Å². The Kier molecular flexibility index (Phi) is 33.4. The van der Waals surface area contributed by atoms with Crippen molar-refractivity contribution in [2.75, 3.05) is 26.2 Å². The van der Waals surface area contributed by atoms with Crippen molar-refractivity contribution in [1.82, 2.24) is 9.80 Å². The number of carboxylic acids is 1.